The summed E-state index contributed by atoms with van der Waals surface area (Å²) in [4.78, 5) is 20.1. The van der Waals surface area contributed by atoms with Crippen LogP contribution in [0.15, 0.2) is 47.1 Å². The molecule has 3 aromatic rings. The van der Waals surface area contributed by atoms with Gasteiger partial charge in [-0.1, -0.05) is 28.1 Å². The fourth-order valence-corrected chi connectivity index (χ4v) is 2.35. The Morgan fingerprint density at radius 1 is 1.25 bits per heavy atom. The predicted octanol–water partition coefficient (Wildman–Crippen LogP) is 2.35. The Morgan fingerprint density at radius 3 is 2.70 bits per heavy atom. The molecule has 0 atom stereocenters. The van der Waals surface area contributed by atoms with Gasteiger partial charge in [0.2, 0.25) is 5.91 Å². The number of fused-ring (bicyclic) bond motifs is 1. The highest BCUT2D eigenvalue weighted by atomic mass is 79.9. The van der Waals surface area contributed by atoms with E-state index in [1.807, 2.05) is 36.4 Å². The van der Waals surface area contributed by atoms with Gasteiger partial charge >= 0.3 is 0 Å². The Bertz CT molecular complexity index is 779. The van der Waals surface area contributed by atoms with Gasteiger partial charge in [-0.05, 0) is 24.3 Å². The molecule has 0 aliphatic carbocycles. The van der Waals surface area contributed by atoms with Crippen LogP contribution in [0.3, 0.4) is 0 Å². The van der Waals surface area contributed by atoms with Gasteiger partial charge in [0.05, 0.1) is 0 Å². The van der Waals surface area contributed by atoms with Crippen LogP contribution in [0.2, 0.25) is 0 Å². The lowest BCUT2D eigenvalue weighted by Gasteiger charge is -2.06. The van der Waals surface area contributed by atoms with E-state index in [0.717, 1.165) is 15.6 Å². The number of primary amides is 1. The summed E-state index contributed by atoms with van der Waals surface area (Å²) in [5.74, 6) is 0.262. The van der Waals surface area contributed by atoms with Gasteiger partial charge in [0.1, 0.15) is 17.9 Å². The first-order valence-corrected chi connectivity index (χ1v) is 6.80. The number of nitrogens with two attached hydrogens (primary N) is 1. The van der Waals surface area contributed by atoms with Crippen LogP contribution in [0.5, 0.6) is 0 Å². The number of rotatable bonds is 3. The summed E-state index contributed by atoms with van der Waals surface area (Å²) in [6.45, 7) is 0.0545. The quantitative estimate of drug-likeness (QED) is 0.801. The second-order valence-electron chi connectivity index (χ2n) is 4.34. The molecule has 5 nitrogen and oxygen atoms in total. The van der Waals surface area contributed by atoms with Gasteiger partial charge in [-0.25, -0.2) is 9.97 Å². The number of pyridine rings is 1. The second kappa shape index (κ2) is 5.05. The second-order valence-corrected chi connectivity index (χ2v) is 5.26. The van der Waals surface area contributed by atoms with Crippen molar-refractivity contribution in [1.82, 2.24) is 14.5 Å². The Kier molecular flexibility index (Phi) is 3.23. The number of amides is 1. The molecule has 0 radical (unpaired) electrons. The number of imidazole rings is 1. The average molecular weight is 331 g/mol. The monoisotopic (exact) mass is 330 g/mol. The molecule has 1 aromatic carbocycles. The van der Waals surface area contributed by atoms with Crippen LogP contribution >= 0.6 is 15.9 Å². The van der Waals surface area contributed by atoms with E-state index in [0.29, 0.717) is 11.5 Å². The molecular formula is C14H11BrN4O. The van der Waals surface area contributed by atoms with E-state index < -0.39 is 5.91 Å². The molecule has 6 heteroatoms. The number of hydrogen-bond acceptors (Lipinski definition) is 3. The van der Waals surface area contributed by atoms with Gasteiger partial charge in [-0.15, -0.1) is 0 Å². The Balaban J connectivity index is 2.23. The van der Waals surface area contributed by atoms with E-state index in [2.05, 4.69) is 25.9 Å². The van der Waals surface area contributed by atoms with Gasteiger partial charge < -0.3 is 5.73 Å². The van der Waals surface area contributed by atoms with Crippen LogP contribution in [-0.4, -0.2) is 20.4 Å². The molecule has 100 valence electrons. The van der Waals surface area contributed by atoms with Crippen LogP contribution < -0.4 is 5.73 Å². The van der Waals surface area contributed by atoms with Crippen LogP contribution in [0.25, 0.3) is 22.6 Å². The largest absolute Gasteiger partial charge is 0.368 e. The number of carbonyl (C=O) groups is 1. The van der Waals surface area contributed by atoms with Crippen molar-refractivity contribution in [3.05, 3.63) is 47.1 Å². The normalized spacial score (nSPS) is 10.8. The number of aromatic nitrogens is 3. The fraction of sp³-hybridized carbons (Fsp3) is 0.0714. The summed E-state index contributed by atoms with van der Waals surface area (Å²) in [5, 5.41) is 0. The lowest BCUT2D eigenvalue weighted by atomic mass is 10.2. The molecule has 0 spiro atoms. The summed E-state index contributed by atoms with van der Waals surface area (Å²) >= 11 is 3.40. The summed E-state index contributed by atoms with van der Waals surface area (Å²) in [6, 6.07) is 11.4. The maximum absolute atomic E-state index is 11.3. The third-order valence-corrected chi connectivity index (χ3v) is 3.45. The lowest BCUT2D eigenvalue weighted by Crippen LogP contribution is -2.19. The first-order valence-electron chi connectivity index (χ1n) is 6.00. The van der Waals surface area contributed by atoms with Gasteiger partial charge in [0, 0.05) is 16.2 Å². The summed E-state index contributed by atoms with van der Waals surface area (Å²) in [7, 11) is 0. The highest BCUT2D eigenvalue weighted by Gasteiger charge is 2.14. The third kappa shape index (κ3) is 2.30. The Morgan fingerprint density at radius 2 is 2.00 bits per heavy atom. The third-order valence-electron chi connectivity index (χ3n) is 2.92. The molecule has 0 aliphatic heterocycles. The van der Waals surface area contributed by atoms with Gasteiger partial charge in [-0.2, -0.15) is 0 Å². The van der Waals surface area contributed by atoms with Crippen LogP contribution in [0, 0.1) is 0 Å². The maximum atomic E-state index is 11.3. The molecule has 20 heavy (non-hydrogen) atoms. The molecule has 2 aromatic heterocycles. The zero-order chi connectivity index (χ0) is 14.1. The van der Waals surface area contributed by atoms with E-state index in [1.54, 1.807) is 10.8 Å². The minimum absolute atomic E-state index is 0.0545. The van der Waals surface area contributed by atoms with Crippen LogP contribution in [0.1, 0.15) is 0 Å². The summed E-state index contributed by atoms with van der Waals surface area (Å²) < 4.78 is 2.72. The standard InChI is InChI=1S/C14H11BrN4O/c15-10-5-3-9(4-6-10)13-18-11-2-1-7-17-14(11)19(13)8-12(16)20/h1-7H,8H2,(H2,16,20). The molecule has 2 heterocycles. The minimum atomic E-state index is -0.423. The number of benzene rings is 1. The summed E-state index contributed by atoms with van der Waals surface area (Å²) in [5.41, 5.74) is 7.63. The summed E-state index contributed by atoms with van der Waals surface area (Å²) in [6.07, 6.45) is 1.67. The van der Waals surface area contributed by atoms with Crippen molar-refractivity contribution in [1.29, 1.82) is 0 Å². The van der Waals surface area contributed by atoms with Crippen molar-refractivity contribution in [2.45, 2.75) is 6.54 Å². The molecular weight excluding hydrogens is 320 g/mol. The van der Waals surface area contributed by atoms with Crippen molar-refractivity contribution in [3.63, 3.8) is 0 Å². The van der Waals surface area contributed by atoms with Crippen molar-refractivity contribution in [2.24, 2.45) is 5.73 Å². The molecule has 3 rings (SSSR count). The molecule has 0 aliphatic rings. The predicted molar refractivity (Wildman–Crippen MR) is 79.9 cm³/mol. The number of halogens is 1. The molecule has 0 unspecified atom stereocenters. The van der Waals surface area contributed by atoms with E-state index in [9.17, 15) is 4.79 Å². The van der Waals surface area contributed by atoms with Gasteiger partial charge in [-0.3, -0.25) is 9.36 Å². The fourth-order valence-electron chi connectivity index (χ4n) is 2.08. The topological polar surface area (TPSA) is 73.8 Å². The van der Waals surface area contributed by atoms with Gasteiger partial charge in [0.15, 0.2) is 5.65 Å². The SMILES string of the molecule is NC(=O)Cn1c(-c2ccc(Br)cc2)nc2cccnc21. The number of hydrogen-bond donors (Lipinski definition) is 1. The number of nitrogens with zero attached hydrogens (tertiary/aromatic N) is 3. The van der Waals surface area contributed by atoms with E-state index >= 15 is 0 Å². The first kappa shape index (κ1) is 12.8. The van der Waals surface area contributed by atoms with E-state index in [4.69, 9.17) is 5.73 Å². The molecule has 0 fully saturated rings. The van der Waals surface area contributed by atoms with E-state index in [1.165, 1.54) is 0 Å². The van der Waals surface area contributed by atoms with Crippen molar-refractivity contribution >= 4 is 33.0 Å². The molecule has 1 amide bonds. The molecule has 2 N–H and O–H groups in total. The zero-order valence-electron chi connectivity index (χ0n) is 10.5. The van der Waals surface area contributed by atoms with E-state index in [-0.39, 0.29) is 6.54 Å². The lowest BCUT2D eigenvalue weighted by molar-refractivity contribution is -0.118. The van der Waals surface area contributed by atoms with Crippen molar-refractivity contribution in [3.8, 4) is 11.4 Å². The minimum Gasteiger partial charge on any atom is -0.368 e. The van der Waals surface area contributed by atoms with Crippen LogP contribution in [-0.2, 0) is 11.3 Å². The maximum Gasteiger partial charge on any atom is 0.237 e. The average Bonchev–Trinajstić information content (AvgIpc) is 2.78. The zero-order valence-corrected chi connectivity index (χ0v) is 12.0. The highest BCUT2D eigenvalue weighted by Crippen LogP contribution is 2.24. The Hall–Kier alpha value is -2.21. The Labute approximate surface area is 123 Å². The first-order chi connectivity index (χ1) is 9.65. The smallest absolute Gasteiger partial charge is 0.237 e. The molecule has 0 saturated heterocycles. The molecule has 0 saturated carbocycles. The number of carbonyl (C=O) groups excluding carboxylic acids is 1. The highest BCUT2D eigenvalue weighted by molar-refractivity contribution is 9.10. The van der Waals surface area contributed by atoms with Crippen molar-refractivity contribution < 1.29 is 4.79 Å². The van der Waals surface area contributed by atoms with Crippen LogP contribution in [0.4, 0.5) is 0 Å². The van der Waals surface area contributed by atoms with Crippen molar-refractivity contribution in [2.75, 3.05) is 0 Å². The molecule has 0 bridgehead atoms. The van der Waals surface area contributed by atoms with Gasteiger partial charge in [0.25, 0.3) is 0 Å².